The number of nitrogens with zero attached hydrogens (tertiary/aromatic N) is 1. The predicted octanol–water partition coefficient (Wildman–Crippen LogP) is 4.54. The van der Waals surface area contributed by atoms with Gasteiger partial charge in [0.05, 0.1) is 12.6 Å². The second-order valence-corrected chi connectivity index (χ2v) is 7.52. The average Bonchev–Trinajstić information content (AvgIpc) is 3.27. The van der Waals surface area contributed by atoms with E-state index >= 15 is 0 Å². The summed E-state index contributed by atoms with van der Waals surface area (Å²) in [5.41, 5.74) is 1.03. The first-order valence-electron chi connectivity index (χ1n) is 8.37. The first kappa shape index (κ1) is 17.5. The van der Waals surface area contributed by atoms with E-state index in [4.69, 9.17) is 16.3 Å². The van der Waals surface area contributed by atoms with Crippen molar-refractivity contribution in [1.82, 2.24) is 4.90 Å². The number of carbonyl (C=O) groups is 1. The van der Waals surface area contributed by atoms with Gasteiger partial charge in [0.15, 0.2) is 0 Å². The number of hydrogen-bond donors (Lipinski definition) is 0. The van der Waals surface area contributed by atoms with Crippen LogP contribution in [0.1, 0.15) is 29.7 Å². The van der Waals surface area contributed by atoms with Crippen LogP contribution < -0.4 is 0 Å². The van der Waals surface area contributed by atoms with Crippen LogP contribution in [0.2, 0.25) is 5.02 Å². The van der Waals surface area contributed by atoms with Crippen LogP contribution >= 0.6 is 22.9 Å². The highest BCUT2D eigenvalue weighted by Gasteiger charge is 2.23. The monoisotopic (exact) mass is 363 g/mol. The average molecular weight is 364 g/mol. The van der Waals surface area contributed by atoms with Gasteiger partial charge in [0, 0.05) is 29.5 Å². The topological polar surface area (TPSA) is 29.5 Å². The van der Waals surface area contributed by atoms with E-state index in [1.807, 2.05) is 40.6 Å². The highest BCUT2D eigenvalue weighted by molar-refractivity contribution is 7.09. The number of ether oxygens (including phenoxy) is 1. The highest BCUT2D eigenvalue weighted by atomic mass is 35.5. The molecule has 0 radical (unpaired) electrons. The number of thiophene rings is 1. The predicted molar refractivity (Wildman–Crippen MR) is 98.5 cm³/mol. The van der Waals surface area contributed by atoms with E-state index in [2.05, 4.69) is 6.07 Å². The molecule has 0 bridgehead atoms. The van der Waals surface area contributed by atoms with Gasteiger partial charge in [-0.1, -0.05) is 35.9 Å². The molecule has 1 atom stereocenters. The van der Waals surface area contributed by atoms with Gasteiger partial charge in [-0.05, 0) is 42.3 Å². The molecule has 128 valence electrons. The third-order valence-corrected chi connectivity index (χ3v) is 5.52. The van der Waals surface area contributed by atoms with Gasteiger partial charge in [0.1, 0.15) is 0 Å². The fourth-order valence-corrected chi connectivity index (χ4v) is 3.93. The molecule has 0 N–H and O–H groups in total. The van der Waals surface area contributed by atoms with E-state index < -0.39 is 0 Å². The van der Waals surface area contributed by atoms with Crippen molar-refractivity contribution in [2.45, 2.75) is 38.3 Å². The summed E-state index contributed by atoms with van der Waals surface area (Å²) < 4.78 is 5.72. The van der Waals surface area contributed by atoms with E-state index in [0.29, 0.717) is 25.9 Å². The molecule has 5 heteroatoms. The van der Waals surface area contributed by atoms with Crippen LogP contribution in [0.15, 0.2) is 41.8 Å². The third-order valence-electron chi connectivity index (χ3n) is 4.29. The summed E-state index contributed by atoms with van der Waals surface area (Å²) in [6, 6.07) is 11.8. The normalized spacial score (nSPS) is 17.1. The summed E-state index contributed by atoms with van der Waals surface area (Å²) in [7, 11) is 0. The van der Waals surface area contributed by atoms with Crippen molar-refractivity contribution in [2.75, 3.05) is 13.2 Å². The Kier molecular flexibility index (Phi) is 6.30. The van der Waals surface area contributed by atoms with Gasteiger partial charge in [-0.3, -0.25) is 4.79 Å². The Morgan fingerprint density at radius 1 is 1.29 bits per heavy atom. The number of rotatable bonds is 7. The minimum absolute atomic E-state index is 0.166. The Balaban J connectivity index is 1.62. The van der Waals surface area contributed by atoms with Crippen LogP contribution in [-0.2, 0) is 22.5 Å². The summed E-state index contributed by atoms with van der Waals surface area (Å²) >= 11 is 7.88. The minimum atomic E-state index is 0.166. The van der Waals surface area contributed by atoms with E-state index in [1.165, 1.54) is 4.88 Å². The highest BCUT2D eigenvalue weighted by Crippen LogP contribution is 2.20. The molecular weight excluding hydrogens is 342 g/mol. The summed E-state index contributed by atoms with van der Waals surface area (Å²) in [4.78, 5) is 15.9. The molecule has 1 aliphatic heterocycles. The maximum absolute atomic E-state index is 12.8. The molecule has 24 heavy (non-hydrogen) atoms. The van der Waals surface area contributed by atoms with Gasteiger partial charge < -0.3 is 9.64 Å². The number of benzene rings is 1. The molecule has 3 nitrogen and oxygen atoms in total. The third kappa shape index (κ3) is 4.82. The lowest BCUT2D eigenvalue weighted by atomic mass is 10.1. The van der Waals surface area contributed by atoms with E-state index in [1.54, 1.807) is 11.3 Å². The Labute approximate surface area is 152 Å². The van der Waals surface area contributed by atoms with Gasteiger partial charge in [-0.2, -0.15) is 0 Å². The molecular formula is C19H22ClNO2S. The van der Waals surface area contributed by atoms with Crippen LogP contribution in [0.5, 0.6) is 0 Å². The molecule has 1 fully saturated rings. The number of hydrogen-bond acceptors (Lipinski definition) is 3. The van der Waals surface area contributed by atoms with Crippen molar-refractivity contribution in [3.8, 4) is 0 Å². The Morgan fingerprint density at radius 2 is 2.17 bits per heavy atom. The largest absolute Gasteiger partial charge is 0.376 e. The molecule has 1 saturated heterocycles. The van der Waals surface area contributed by atoms with Gasteiger partial charge in [0.25, 0.3) is 0 Å². The van der Waals surface area contributed by atoms with Crippen molar-refractivity contribution in [3.63, 3.8) is 0 Å². The summed E-state index contributed by atoms with van der Waals surface area (Å²) in [6.45, 7) is 2.16. The standard InChI is InChI=1S/C19H22ClNO2S/c20-18-8-2-1-5-15(18)9-10-19(22)21(13-16-6-3-11-23-16)14-17-7-4-12-24-17/h1-2,4-5,7-8,12,16H,3,6,9-11,13-14H2. The lowest BCUT2D eigenvalue weighted by Gasteiger charge is -2.25. The van der Waals surface area contributed by atoms with Crippen LogP contribution in [0.4, 0.5) is 0 Å². The fourth-order valence-electron chi connectivity index (χ4n) is 2.98. The maximum atomic E-state index is 12.8. The van der Waals surface area contributed by atoms with Crippen molar-refractivity contribution in [2.24, 2.45) is 0 Å². The molecule has 0 saturated carbocycles. The first-order valence-corrected chi connectivity index (χ1v) is 9.63. The number of carbonyl (C=O) groups excluding carboxylic acids is 1. The van der Waals surface area contributed by atoms with Crippen molar-refractivity contribution < 1.29 is 9.53 Å². The molecule has 0 spiro atoms. The van der Waals surface area contributed by atoms with E-state index in [-0.39, 0.29) is 12.0 Å². The summed E-state index contributed by atoms with van der Waals surface area (Å²) in [6.07, 6.45) is 3.45. The molecule has 1 unspecified atom stereocenters. The van der Waals surface area contributed by atoms with Gasteiger partial charge >= 0.3 is 0 Å². The molecule has 2 aromatic rings. The zero-order valence-corrected chi connectivity index (χ0v) is 15.2. The second kappa shape index (κ2) is 8.65. The molecule has 3 rings (SSSR count). The molecule has 2 heterocycles. The maximum Gasteiger partial charge on any atom is 0.223 e. The Hall–Kier alpha value is -1.36. The van der Waals surface area contributed by atoms with Gasteiger partial charge in [0.2, 0.25) is 5.91 Å². The Morgan fingerprint density at radius 3 is 2.88 bits per heavy atom. The smallest absolute Gasteiger partial charge is 0.223 e. The molecule has 1 amide bonds. The lowest BCUT2D eigenvalue weighted by Crippen LogP contribution is -2.36. The minimum Gasteiger partial charge on any atom is -0.376 e. The first-order chi connectivity index (χ1) is 11.7. The number of aryl methyl sites for hydroxylation is 1. The van der Waals surface area contributed by atoms with Crippen molar-refractivity contribution >= 4 is 28.8 Å². The lowest BCUT2D eigenvalue weighted by molar-refractivity contribution is -0.133. The van der Waals surface area contributed by atoms with Crippen LogP contribution in [0.25, 0.3) is 0 Å². The van der Waals surface area contributed by atoms with Crippen LogP contribution in [0, 0.1) is 0 Å². The quantitative estimate of drug-likeness (QED) is 0.722. The molecule has 1 aromatic heterocycles. The zero-order chi connectivity index (χ0) is 16.8. The molecule has 0 aliphatic carbocycles. The van der Waals surface area contributed by atoms with Crippen LogP contribution in [-0.4, -0.2) is 30.1 Å². The van der Waals surface area contributed by atoms with Crippen molar-refractivity contribution in [1.29, 1.82) is 0 Å². The summed E-state index contributed by atoms with van der Waals surface area (Å²) in [5, 5.41) is 2.78. The van der Waals surface area contributed by atoms with E-state index in [0.717, 1.165) is 30.0 Å². The van der Waals surface area contributed by atoms with Gasteiger partial charge in [-0.25, -0.2) is 0 Å². The Bertz CT molecular complexity index is 653. The summed E-state index contributed by atoms with van der Waals surface area (Å²) in [5.74, 6) is 0.166. The van der Waals surface area contributed by atoms with Crippen LogP contribution in [0.3, 0.4) is 0 Å². The fraction of sp³-hybridized carbons (Fsp3) is 0.421. The number of halogens is 1. The number of amides is 1. The second-order valence-electron chi connectivity index (χ2n) is 6.08. The van der Waals surface area contributed by atoms with E-state index in [9.17, 15) is 4.79 Å². The van der Waals surface area contributed by atoms with Gasteiger partial charge in [-0.15, -0.1) is 11.3 Å². The zero-order valence-electron chi connectivity index (χ0n) is 13.6. The molecule has 1 aliphatic rings. The SMILES string of the molecule is O=C(CCc1ccccc1Cl)N(Cc1cccs1)CC1CCCO1. The molecule has 1 aromatic carbocycles. The van der Waals surface area contributed by atoms with Crippen molar-refractivity contribution in [3.05, 3.63) is 57.2 Å².